The number of carbonyl (C=O) groups is 3. The Hall–Kier alpha value is -4.74. The number of allylic oxidation sites excluding steroid dienone is 4. The third kappa shape index (κ3) is 3.44. The molecule has 5 rings (SSSR count). The largest absolute Gasteiger partial charge is 0.507 e. The molecule has 37 heavy (non-hydrogen) atoms. The number of phenolic OH excluding ortho intramolecular Hbond substituents is 2. The third-order valence-corrected chi connectivity index (χ3v) is 6.79. The summed E-state index contributed by atoms with van der Waals surface area (Å²) in [5, 5.41) is 27.6. The molecule has 12 heteroatoms. The predicted octanol–water partition coefficient (Wildman–Crippen LogP) is 1.94. The Morgan fingerprint density at radius 2 is 1.89 bits per heavy atom. The topological polar surface area (TPSA) is 179 Å². The van der Waals surface area contributed by atoms with Gasteiger partial charge < -0.3 is 30.6 Å². The van der Waals surface area contributed by atoms with Gasteiger partial charge in [-0.1, -0.05) is 0 Å². The van der Waals surface area contributed by atoms with Crippen LogP contribution in [-0.2, 0) is 15.0 Å². The van der Waals surface area contributed by atoms with E-state index in [2.05, 4.69) is 30.6 Å². The molecular weight excluding hydrogens is 480 g/mol. The van der Waals surface area contributed by atoms with Crippen LogP contribution in [0.1, 0.15) is 42.3 Å². The second-order valence-electron chi connectivity index (χ2n) is 9.06. The van der Waals surface area contributed by atoms with Gasteiger partial charge in [-0.15, -0.1) is 0 Å². The Balaban J connectivity index is 1.44. The summed E-state index contributed by atoms with van der Waals surface area (Å²) >= 11 is 0. The van der Waals surface area contributed by atoms with E-state index >= 15 is 0 Å². The van der Waals surface area contributed by atoms with Crippen molar-refractivity contribution in [3.05, 3.63) is 52.5 Å². The first-order valence-corrected chi connectivity index (χ1v) is 11.5. The number of imidazole rings is 1. The normalized spacial score (nSPS) is 19.7. The van der Waals surface area contributed by atoms with E-state index in [-0.39, 0.29) is 39.5 Å². The minimum Gasteiger partial charge on any atom is -0.507 e. The van der Waals surface area contributed by atoms with Gasteiger partial charge in [-0.05, 0) is 27.7 Å². The number of rotatable bonds is 6. The molecule has 0 amide bonds. The highest BCUT2D eigenvalue weighted by Gasteiger charge is 2.56. The third-order valence-electron chi connectivity index (χ3n) is 6.79. The fraction of sp³-hybridized carbons (Fsp3) is 0.280. The molecule has 5 N–H and O–H groups in total. The second kappa shape index (κ2) is 8.43. The molecule has 0 radical (unpaired) electrons. The Bertz CT molecular complexity index is 1590. The molecule has 190 valence electrons. The summed E-state index contributed by atoms with van der Waals surface area (Å²) in [7, 11) is 0. The van der Waals surface area contributed by atoms with Crippen LogP contribution in [0.4, 0.5) is 5.82 Å². The smallest absolute Gasteiger partial charge is 0.194 e. The minimum atomic E-state index is -1.56. The molecule has 2 aromatic heterocycles. The van der Waals surface area contributed by atoms with Gasteiger partial charge in [0.05, 0.1) is 17.5 Å². The van der Waals surface area contributed by atoms with E-state index in [0.717, 1.165) is 0 Å². The first kappa shape index (κ1) is 24.0. The van der Waals surface area contributed by atoms with Crippen LogP contribution < -0.4 is 15.4 Å². The Morgan fingerprint density at radius 1 is 1.14 bits per heavy atom. The van der Waals surface area contributed by atoms with Gasteiger partial charge in [-0.2, -0.15) is 0 Å². The number of fused-ring (bicyclic) bond motifs is 4. The first-order valence-electron chi connectivity index (χ1n) is 11.5. The second-order valence-corrected chi connectivity index (χ2v) is 9.06. The molecule has 3 aromatic rings. The van der Waals surface area contributed by atoms with Crippen molar-refractivity contribution >= 4 is 34.3 Å². The van der Waals surface area contributed by atoms with Crippen LogP contribution in [0.2, 0.25) is 0 Å². The lowest BCUT2D eigenvalue weighted by Crippen LogP contribution is -2.41. The maximum atomic E-state index is 13.8. The quantitative estimate of drug-likeness (QED) is 0.143. The number of phenols is 2. The molecule has 0 saturated heterocycles. The number of hydrogen-bond donors (Lipinski definition) is 5. The molecule has 3 heterocycles. The van der Waals surface area contributed by atoms with Gasteiger partial charge in [0.1, 0.15) is 45.8 Å². The van der Waals surface area contributed by atoms with Crippen molar-refractivity contribution < 1.29 is 29.3 Å². The molecule has 0 spiro atoms. The number of ether oxygens (including phenoxy) is 1. The van der Waals surface area contributed by atoms with Crippen molar-refractivity contribution in [2.75, 3.05) is 18.4 Å². The van der Waals surface area contributed by atoms with Crippen molar-refractivity contribution in [3.8, 4) is 17.2 Å². The number of anilines is 1. The lowest BCUT2D eigenvalue weighted by molar-refractivity contribution is -0.123. The van der Waals surface area contributed by atoms with Crippen molar-refractivity contribution in [2.45, 2.75) is 33.1 Å². The number of benzene rings is 1. The van der Waals surface area contributed by atoms with Crippen LogP contribution >= 0.6 is 0 Å². The van der Waals surface area contributed by atoms with Gasteiger partial charge in [0, 0.05) is 30.4 Å². The highest BCUT2D eigenvalue weighted by Crippen LogP contribution is 2.57. The Labute approximate surface area is 210 Å². The summed E-state index contributed by atoms with van der Waals surface area (Å²) in [6.07, 6.45) is 4.10. The molecule has 0 fully saturated rings. The number of nitrogens with zero attached hydrogens (tertiary/aromatic N) is 3. The molecule has 1 aliphatic carbocycles. The van der Waals surface area contributed by atoms with Crippen LogP contribution in [0.15, 0.2) is 35.8 Å². The molecule has 2 aliphatic rings. The van der Waals surface area contributed by atoms with E-state index in [1.54, 1.807) is 6.92 Å². The summed E-state index contributed by atoms with van der Waals surface area (Å²) in [5.74, 6) is -2.01. The highest BCUT2D eigenvalue weighted by atomic mass is 16.5. The number of carbonyl (C=O) groups excluding carboxylic acids is 3. The highest BCUT2D eigenvalue weighted by molar-refractivity contribution is 6.31. The molecule has 0 bridgehead atoms. The number of hydrogen-bond acceptors (Lipinski definition) is 11. The van der Waals surface area contributed by atoms with Crippen LogP contribution in [0, 0.1) is 6.92 Å². The fourth-order valence-corrected chi connectivity index (χ4v) is 4.78. The minimum absolute atomic E-state index is 0.00847. The van der Waals surface area contributed by atoms with Gasteiger partial charge >= 0.3 is 0 Å². The van der Waals surface area contributed by atoms with Crippen molar-refractivity contribution in [3.63, 3.8) is 0 Å². The van der Waals surface area contributed by atoms with Gasteiger partial charge in [0.15, 0.2) is 28.8 Å². The SMILES string of the molecule is CC(=O)c1c(O)c(C)c(O)c2c1OC1=CC(=O)C(=C(C)NCCNc3ncnc4nc[nH]c34)C(=O)[C@@]12C. The van der Waals surface area contributed by atoms with Crippen molar-refractivity contribution in [2.24, 2.45) is 0 Å². The maximum Gasteiger partial charge on any atom is 0.194 e. The van der Waals surface area contributed by atoms with Crippen LogP contribution in [-0.4, -0.2) is 60.6 Å². The van der Waals surface area contributed by atoms with Crippen LogP contribution in [0.25, 0.3) is 11.2 Å². The molecule has 0 saturated carbocycles. The lowest BCUT2D eigenvalue weighted by atomic mass is 9.70. The Morgan fingerprint density at radius 3 is 2.62 bits per heavy atom. The monoisotopic (exact) mass is 504 g/mol. The van der Waals surface area contributed by atoms with E-state index in [1.807, 2.05) is 0 Å². The van der Waals surface area contributed by atoms with Gasteiger partial charge in [-0.25, -0.2) is 15.0 Å². The van der Waals surface area contributed by atoms with Gasteiger partial charge in [-0.3, -0.25) is 14.4 Å². The number of H-pyrrole nitrogens is 1. The van der Waals surface area contributed by atoms with Gasteiger partial charge in [0.2, 0.25) is 0 Å². The number of nitrogens with one attached hydrogen (secondary N) is 3. The molecule has 12 nitrogen and oxygen atoms in total. The number of ketones is 3. The van der Waals surface area contributed by atoms with E-state index in [0.29, 0.717) is 35.8 Å². The average molecular weight is 505 g/mol. The summed E-state index contributed by atoms with van der Waals surface area (Å²) in [4.78, 5) is 54.4. The number of aromatic amines is 1. The zero-order valence-corrected chi connectivity index (χ0v) is 20.5. The van der Waals surface area contributed by atoms with E-state index < -0.39 is 28.5 Å². The van der Waals surface area contributed by atoms with Crippen LogP contribution in [0.3, 0.4) is 0 Å². The first-order chi connectivity index (χ1) is 17.6. The molecule has 1 aromatic carbocycles. The van der Waals surface area contributed by atoms with Crippen molar-refractivity contribution in [1.82, 2.24) is 25.3 Å². The number of aromatic hydroxyl groups is 2. The van der Waals surface area contributed by atoms with E-state index in [1.165, 1.54) is 39.5 Å². The molecular formula is C25H24N6O6. The predicted molar refractivity (Wildman–Crippen MR) is 131 cm³/mol. The summed E-state index contributed by atoms with van der Waals surface area (Å²) in [6.45, 7) is 6.58. The zero-order valence-electron chi connectivity index (χ0n) is 20.5. The van der Waals surface area contributed by atoms with Crippen molar-refractivity contribution in [1.29, 1.82) is 0 Å². The average Bonchev–Trinajstić information content (AvgIpc) is 3.44. The number of Topliss-reactive ketones (excluding diaryl/α,β-unsaturated/α-hetero) is 2. The Kier molecular flexibility index (Phi) is 5.46. The lowest BCUT2D eigenvalue weighted by Gasteiger charge is -2.29. The van der Waals surface area contributed by atoms with Crippen LogP contribution in [0.5, 0.6) is 17.2 Å². The number of aromatic nitrogens is 4. The zero-order chi connectivity index (χ0) is 26.6. The fourth-order valence-electron chi connectivity index (χ4n) is 4.78. The standard InChI is InChI=1S/C25H24N6O6/c1-10-19(34)16(12(3)32)21-17(20(10)35)25(4)14(37-21)7-13(33)15(22(25)36)11(2)26-5-6-27-23-18-24(29-8-28-18)31-9-30-23/h7-9,26,34-35H,5-6H2,1-4H3,(H2,27,28,29,30,31)/t25-/m0/s1. The maximum absolute atomic E-state index is 13.8. The molecule has 1 aliphatic heterocycles. The van der Waals surface area contributed by atoms with Gasteiger partial charge in [0.25, 0.3) is 0 Å². The van der Waals surface area contributed by atoms with E-state index in [9.17, 15) is 24.6 Å². The van der Waals surface area contributed by atoms with E-state index in [4.69, 9.17) is 4.74 Å². The molecule has 1 atom stereocenters. The summed E-state index contributed by atoms with van der Waals surface area (Å²) in [5.41, 5.74) is -0.167. The summed E-state index contributed by atoms with van der Waals surface area (Å²) < 4.78 is 5.77. The molecule has 0 unspecified atom stereocenters. The summed E-state index contributed by atoms with van der Waals surface area (Å²) in [6, 6.07) is 0.